The molecule has 4 rings (SSSR count). The van der Waals surface area contributed by atoms with Gasteiger partial charge < -0.3 is 10.6 Å². The standard InChI is InChI=1S/C20H17BrN8O2/c1-11(13-3-7-15(8-4-13)22-12(2)30)26-27-18-17(23-16-9-5-14(21)6-10-16)24-19-20(25-18)29-31-28-19/h3-10H,1-2H3,(H,22,30)(H,23,24,28)(H,25,27,29)/b26-11-. The van der Waals surface area contributed by atoms with E-state index in [9.17, 15) is 4.79 Å². The highest BCUT2D eigenvalue weighted by Gasteiger charge is 2.13. The van der Waals surface area contributed by atoms with Crippen LogP contribution in [0.15, 0.2) is 62.7 Å². The lowest BCUT2D eigenvalue weighted by Crippen LogP contribution is -2.07. The van der Waals surface area contributed by atoms with E-state index in [0.717, 1.165) is 15.7 Å². The summed E-state index contributed by atoms with van der Waals surface area (Å²) in [7, 11) is 0. The molecule has 0 atom stereocenters. The minimum Gasteiger partial charge on any atom is -0.337 e. The highest BCUT2D eigenvalue weighted by atomic mass is 79.9. The van der Waals surface area contributed by atoms with Gasteiger partial charge in [0.2, 0.25) is 17.2 Å². The van der Waals surface area contributed by atoms with Crippen LogP contribution in [0, 0.1) is 0 Å². The van der Waals surface area contributed by atoms with E-state index in [4.69, 9.17) is 4.63 Å². The van der Waals surface area contributed by atoms with Crippen molar-refractivity contribution < 1.29 is 9.42 Å². The van der Waals surface area contributed by atoms with Gasteiger partial charge in [-0.2, -0.15) is 10.1 Å². The zero-order chi connectivity index (χ0) is 21.8. The molecule has 2 aromatic heterocycles. The average molecular weight is 481 g/mol. The number of nitrogens with zero attached hydrogens (tertiary/aromatic N) is 5. The Labute approximate surface area is 185 Å². The van der Waals surface area contributed by atoms with E-state index in [1.807, 2.05) is 55.5 Å². The second kappa shape index (κ2) is 8.88. The topological polar surface area (TPSA) is 130 Å². The number of hydrogen-bond acceptors (Lipinski definition) is 9. The van der Waals surface area contributed by atoms with Gasteiger partial charge in [-0.1, -0.05) is 28.1 Å². The summed E-state index contributed by atoms with van der Waals surface area (Å²) in [6.07, 6.45) is 0. The first-order valence-corrected chi connectivity index (χ1v) is 9.98. The Morgan fingerprint density at radius 2 is 1.52 bits per heavy atom. The molecule has 3 N–H and O–H groups in total. The van der Waals surface area contributed by atoms with Gasteiger partial charge in [-0.25, -0.2) is 9.61 Å². The molecule has 1 amide bonds. The maximum Gasteiger partial charge on any atom is 0.245 e. The second-order valence-electron chi connectivity index (χ2n) is 6.53. The first kappa shape index (κ1) is 20.4. The smallest absolute Gasteiger partial charge is 0.245 e. The Hall–Kier alpha value is -3.86. The Morgan fingerprint density at radius 3 is 2.16 bits per heavy atom. The van der Waals surface area contributed by atoms with Gasteiger partial charge in [0.1, 0.15) is 0 Å². The molecule has 0 aliphatic rings. The van der Waals surface area contributed by atoms with Gasteiger partial charge in [-0.15, -0.1) is 0 Å². The van der Waals surface area contributed by atoms with E-state index in [-0.39, 0.29) is 17.2 Å². The summed E-state index contributed by atoms with van der Waals surface area (Å²) in [5, 5.41) is 17.8. The zero-order valence-corrected chi connectivity index (χ0v) is 18.1. The average Bonchev–Trinajstić information content (AvgIpc) is 3.21. The third-order valence-electron chi connectivity index (χ3n) is 4.17. The third-order valence-corrected chi connectivity index (χ3v) is 4.70. The first-order valence-electron chi connectivity index (χ1n) is 9.19. The van der Waals surface area contributed by atoms with Crippen LogP contribution in [0.25, 0.3) is 11.3 Å². The van der Waals surface area contributed by atoms with Crippen LogP contribution < -0.4 is 16.1 Å². The molecule has 0 fully saturated rings. The van der Waals surface area contributed by atoms with Gasteiger partial charge in [-0.3, -0.25) is 10.2 Å². The number of carbonyl (C=O) groups excluding carboxylic acids is 1. The van der Waals surface area contributed by atoms with Crippen molar-refractivity contribution in [2.45, 2.75) is 13.8 Å². The van der Waals surface area contributed by atoms with Crippen molar-refractivity contribution in [2.75, 3.05) is 16.1 Å². The number of hydrogen-bond donors (Lipinski definition) is 3. The van der Waals surface area contributed by atoms with Crippen LogP contribution in [0.3, 0.4) is 0 Å². The van der Waals surface area contributed by atoms with E-state index in [0.29, 0.717) is 23.0 Å². The van der Waals surface area contributed by atoms with Crippen LogP contribution in [0.2, 0.25) is 0 Å². The Morgan fingerprint density at radius 1 is 0.903 bits per heavy atom. The van der Waals surface area contributed by atoms with Gasteiger partial charge in [0.25, 0.3) is 0 Å². The fraction of sp³-hybridized carbons (Fsp3) is 0.100. The van der Waals surface area contributed by atoms with Gasteiger partial charge in [-0.05, 0) is 59.2 Å². The number of halogens is 1. The fourth-order valence-corrected chi connectivity index (χ4v) is 2.94. The molecular weight excluding hydrogens is 464 g/mol. The lowest BCUT2D eigenvalue weighted by molar-refractivity contribution is -0.114. The lowest BCUT2D eigenvalue weighted by Gasteiger charge is -2.10. The quantitative estimate of drug-likeness (QED) is 0.274. The zero-order valence-electron chi connectivity index (χ0n) is 16.5. The Kier molecular flexibility index (Phi) is 5.85. The molecule has 31 heavy (non-hydrogen) atoms. The summed E-state index contributed by atoms with van der Waals surface area (Å²) in [6, 6.07) is 15.0. The van der Waals surface area contributed by atoms with Gasteiger partial charge in [0.15, 0.2) is 11.6 Å². The lowest BCUT2D eigenvalue weighted by atomic mass is 10.1. The van der Waals surface area contributed by atoms with Crippen LogP contribution in [-0.4, -0.2) is 31.9 Å². The Bertz CT molecular complexity index is 1250. The molecule has 0 spiro atoms. The SMILES string of the molecule is CC(=O)Nc1ccc(/C(C)=N\Nc2nc3nonc3nc2Nc2ccc(Br)cc2)cc1. The molecule has 2 aromatic carbocycles. The van der Waals surface area contributed by atoms with Crippen molar-refractivity contribution in [1.82, 2.24) is 20.3 Å². The van der Waals surface area contributed by atoms with Gasteiger partial charge >= 0.3 is 0 Å². The number of benzene rings is 2. The number of rotatable bonds is 6. The molecule has 2 heterocycles. The summed E-state index contributed by atoms with van der Waals surface area (Å²) < 4.78 is 5.68. The normalized spacial score (nSPS) is 11.4. The monoisotopic (exact) mass is 480 g/mol. The summed E-state index contributed by atoms with van der Waals surface area (Å²) in [4.78, 5) is 20.0. The summed E-state index contributed by atoms with van der Waals surface area (Å²) in [6.45, 7) is 3.32. The van der Waals surface area contributed by atoms with Crippen molar-refractivity contribution >= 4 is 61.9 Å². The minimum absolute atomic E-state index is 0.123. The van der Waals surface area contributed by atoms with Crippen LogP contribution in [0.1, 0.15) is 19.4 Å². The molecule has 0 saturated carbocycles. The Balaban J connectivity index is 1.59. The largest absolute Gasteiger partial charge is 0.337 e. The molecule has 156 valence electrons. The molecule has 0 aliphatic heterocycles. The summed E-state index contributed by atoms with van der Waals surface area (Å²) >= 11 is 3.41. The molecule has 0 unspecified atom stereocenters. The maximum atomic E-state index is 11.2. The predicted octanol–water partition coefficient (Wildman–Crippen LogP) is 4.31. The van der Waals surface area contributed by atoms with Crippen molar-refractivity contribution in [1.29, 1.82) is 0 Å². The molecule has 0 bridgehead atoms. The summed E-state index contributed by atoms with van der Waals surface area (Å²) in [5.74, 6) is 0.658. The number of carbonyl (C=O) groups is 1. The van der Waals surface area contributed by atoms with E-state index < -0.39 is 0 Å². The van der Waals surface area contributed by atoms with Crippen LogP contribution >= 0.6 is 15.9 Å². The van der Waals surface area contributed by atoms with Crippen LogP contribution in [0.4, 0.5) is 23.0 Å². The summed E-state index contributed by atoms with van der Waals surface area (Å²) in [5.41, 5.74) is 6.59. The maximum absolute atomic E-state index is 11.2. The van der Waals surface area contributed by atoms with Crippen molar-refractivity contribution in [3.63, 3.8) is 0 Å². The van der Waals surface area contributed by atoms with E-state index >= 15 is 0 Å². The molecule has 4 aromatic rings. The van der Waals surface area contributed by atoms with E-state index in [1.54, 1.807) is 0 Å². The van der Waals surface area contributed by atoms with Crippen molar-refractivity contribution in [3.05, 3.63) is 58.6 Å². The van der Waals surface area contributed by atoms with Gasteiger partial charge in [0.05, 0.1) is 5.71 Å². The minimum atomic E-state index is -0.123. The number of aromatic nitrogens is 4. The fourth-order valence-electron chi connectivity index (χ4n) is 2.67. The van der Waals surface area contributed by atoms with Crippen LogP contribution in [-0.2, 0) is 4.79 Å². The van der Waals surface area contributed by atoms with E-state index in [2.05, 4.69) is 57.4 Å². The highest BCUT2D eigenvalue weighted by Crippen LogP contribution is 2.25. The molecular formula is C20H17BrN8O2. The highest BCUT2D eigenvalue weighted by molar-refractivity contribution is 9.10. The first-order chi connectivity index (χ1) is 15.0. The second-order valence-corrected chi connectivity index (χ2v) is 7.45. The van der Waals surface area contributed by atoms with Gasteiger partial charge in [0, 0.05) is 22.8 Å². The van der Waals surface area contributed by atoms with E-state index in [1.165, 1.54) is 6.92 Å². The van der Waals surface area contributed by atoms with Crippen LogP contribution in [0.5, 0.6) is 0 Å². The molecule has 10 nitrogen and oxygen atoms in total. The predicted molar refractivity (Wildman–Crippen MR) is 121 cm³/mol. The number of anilines is 4. The van der Waals surface area contributed by atoms with Crippen molar-refractivity contribution in [2.24, 2.45) is 5.10 Å². The number of fused-ring (bicyclic) bond motifs is 1. The molecule has 11 heteroatoms. The molecule has 0 radical (unpaired) electrons. The number of hydrazone groups is 1. The molecule has 0 saturated heterocycles. The van der Waals surface area contributed by atoms with Crippen molar-refractivity contribution in [3.8, 4) is 0 Å². The number of nitrogens with one attached hydrogen (secondary N) is 3. The third kappa shape index (κ3) is 5.01. The molecule has 0 aliphatic carbocycles. The number of amides is 1.